The van der Waals surface area contributed by atoms with Crippen molar-refractivity contribution in [3.05, 3.63) is 35.4 Å². The molecule has 1 saturated heterocycles. The maximum absolute atomic E-state index is 11.3. The second kappa shape index (κ2) is 9.57. The Hall–Kier alpha value is -1.31. The molecule has 4 heteroatoms. The van der Waals surface area contributed by atoms with Crippen molar-refractivity contribution in [1.82, 2.24) is 4.90 Å². The van der Waals surface area contributed by atoms with Crippen LogP contribution in [0.1, 0.15) is 25.0 Å². The fourth-order valence-corrected chi connectivity index (χ4v) is 3.25. The highest BCUT2D eigenvalue weighted by atomic mass is 32.2. The second-order valence-corrected chi connectivity index (χ2v) is 6.72. The van der Waals surface area contributed by atoms with Crippen LogP contribution in [-0.2, 0) is 16.4 Å². The van der Waals surface area contributed by atoms with Crippen LogP contribution < -0.4 is 0 Å². The minimum absolute atomic E-state index is 0.304. The van der Waals surface area contributed by atoms with Gasteiger partial charge in [-0.3, -0.25) is 4.90 Å². The summed E-state index contributed by atoms with van der Waals surface area (Å²) in [5.74, 6) is 0.609. The van der Waals surface area contributed by atoms with Gasteiger partial charge in [0.05, 0.1) is 11.5 Å². The Kier molecular flexibility index (Phi) is 8.94. The predicted molar refractivity (Wildman–Crippen MR) is 86.3 cm³/mol. The minimum atomic E-state index is -2.76. The zero-order valence-electron chi connectivity index (χ0n) is 12.7. The Balaban J connectivity index is 0.000000829. The van der Waals surface area contributed by atoms with Crippen molar-refractivity contribution in [2.75, 3.05) is 24.6 Å². The van der Waals surface area contributed by atoms with E-state index in [4.69, 9.17) is 0 Å². The van der Waals surface area contributed by atoms with Gasteiger partial charge < -0.3 is 0 Å². The molecule has 0 amide bonds. The molecule has 0 radical (unpaired) electrons. The monoisotopic (exact) mass is 295 g/mol. The van der Waals surface area contributed by atoms with E-state index >= 15 is 0 Å². The third-order valence-electron chi connectivity index (χ3n) is 2.93. The maximum atomic E-state index is 11.3. The lowest BCUT2D eigenvalue weighted by molar-refractivity contribution is 0.287. The van der Waals surface area contributed by atoms with Crippen LogP contribution >= 0.6 is 0 Å². The van der Waals surface area contributed by atoms with Gasteiger partial charge in [0.2, 0.25) is 0 Å². The SMILES string of the molecule is C#C.CC.Cc1cccc(CN2CCS(=O)(=O)CC2)c1. The molecule has 0 N–H and O–H groups in total. The Morgan fingerprint density at radius 1 is 1.15 bits per heavy atom. The highest BCUT2D eigenvalue weighted by Crippen LogP contribution is 2.10. The van der Waals surface area contributed by atoms with Gasteiger partial charge in [0, 0.05) is 19.6 Å². The molecule has 0 bridgehead atoms. The first-order chi connectivity index (χ1) is 9.55. The lowest BCUT2D eigenvalue weighted by atomic mass is 10.1. The third kappa shape index (κ3) is 6.74. The summed E-state index contributed by atoms with van der Waals surface area (Å²) in [5.41, 5.74) is 2.52. The number of nitrogens with zero attached hydrogens (tertiary/aromatic N) is 1. The summed E-state index contributed by atoms with van der Waals surface area (Å²) in [6.07, 6.45) is 8.00. The van der Waals surface area contributed by atoms with Gasteiger partial charge in [-0.1, -0.05) is 43.7 Å². The fraction of sp³-hybridized carbons (Fsp3) is 0.500. The number of hydrogen-bond acceptors (Lipinski definition) is 3. The van der Waals surface area contributed by atoms with E-state index in [0.717, 1.165) is 6.54 Å². The highest BCUT2D eigenvalue weighted by molar-refractivity contribution is 7.91. The molecule has 3 nitrogen and oxygen atoms in total. The molecule has 20 heavy (non-hydrogen) atoms. The molecule has 0 saturated carbocycles. The molecule has 1 heterocycles. The molecular formula is C16H25NO2S. The van der Waals surface area contributed by atoms with E-state index in [1.165, 1.54) is 11.1 Å². The summed E-state index contributed by atoms with van der Waals surface area (Å²) in [4.78, 5) is 2.20. The van der Waals surface area contributed by atoms with Crippen LogP contribution in [0.25, 0.3) is 0 Å². The van der Waals surface area contributed by atoms with Gasteiger partial charge in [-0.25, -0.2) is 8.42 Å². The van der Waals surface area contributed by atoms with Crippen LogP contribution in [0.2, 0.25) is 0 Å². The first-order valence-electron chi connectivity index (χ1n) is 6.87. The van der Waals surface area contributed by atoms with Crippen LogP contribution in [0.5, 0.6) is 0 Å². The van der Waals surface area contributed by atoms with Gasteiger partial charge in [-0.05, 0) is 12.5 Å². The van der Waals surface area contributed by atoms with E-state index in [1.807, 2.05) is 19.9 Å². The standard InChI is InChI=1S/C12H17NO2S.C2H6.C2H2/c1-11-3-2-4-12(9-11)10-13-5-7-16(14,15)8-6-13;2*1-2/h2-4,9H,5-8,10H2,1H3;1-2H3;1-2H. The predicted octanol–water partition coefficient (Wildman–Crippen LogP) is 2.50. The average Bonchev–Trinajstić information content (AvgIpc) is 2.46. The molecule has 0 spiro atoms. The number of terminal acetylenes is 1. The first kappa shape index (κ1) is 18.7. The molecule has 1 aliphatic rings. The summed E-state index contributed by atoms with van der Waals surface area (Å²) in [5, 5.41) is 0. The topological polar surface area (TPSA) is 37.4 Å². The van der Waals surface area contributed by atoms with E-state index in [-0.39, 0.29) is 0 Å². The Morgan fingerprint density at radius 3 is 2.20 bits per heavy atom. The zero-order valence-corrected chi connectivity index (χ0v) is 13.5. The largest absolute Gasteiger partial charge is 0.297 e. The Labute approximate surface area is 123 Å². The Bertz CT molecular complexity index is 492. The summed E-state index contributed by atoms with van der Waals surface area (Å²) >= 11 is 0. The van der Waals surface area contributed by atoms with Gasteiger partial charge >= 0.3 is 0 Å². The normalized spacial score (nSPS) is 17.1. The van der Waals surface area contributed by atoms with E-state index in [1.54, 1.807) is 0 Å². The first-order valence-corrected chi connectivity index (χ1v) is 8.69. The van der Waals surface area contributed by atoms with Crippen molar-refractivity contribution in [2.24, 2.45) is 0 Å². The zero-order chi connectivity index (χ0) is 15.6. The number of aryl methyl sites for hydroxylation is 1. The number of hydrogen-bond donors (Lipinski definition) is 0. The van der Waals surface area contributed by atoms with Crippen LogP contribution in [0.15, 0.2) is 24.3 Å². The van der Waals surface area contributed by atoms with Crippen LogP contribution in [0, 0.1) is 19.8 Å². The molecular weight excluding hydrogens is 270 g/mol. The number of benzene rings is 1. The lowest BCUT2D eigenvalue weighted by Crippen LogP contribution is -2.39. The molecule has 1 aromatic carbocycles. The highest BCUT2D eigenvalue weighted by Gasteiger charge is 2.21. The van der Waals surface area contributed by atoms with Crippen molar-refractivity contribution in [1.29, 1.82) is 0 Å². The van der Waals surface area contributed by atoms with Gasteiger partial charge in [0.1, 0.15) is 0 Å². The molecule has 0 atom stereocenters. The van der Waals surface area contributed by atoms with E-state index in [9.17, 15) is 8.42 Å². The van der Waals surface area contributed by atoms with Crippen molar-refractivity contribution in [2.45, 2.75) is 27.3 Å². The molecule has 1 fully saturated rings. The van der Waals surface area contributed by atoms with Crippen molar-refractivity contribution in [3.63, 3.8) is 0 Å². The van der Waals surface area contributed by atoms with Crippen LogP contribution in [-0.4, -0.2) is 37.9 Å². The molecule has 112 valence electrons. The maximum Gasteiger partial charge on any atom is 0.152 e. The summed E-state index contributed by atoms with van der Waals surface area (Å²) in [6, 6.07) is 8.37. The van der Waals surface area contributed by atoms with E-state index in [2.05, 4.69) is 42.9 Å². The third-order valence-corrected chi connectivity index (χ3v) is 4.53. The van der Waals surface area contributed by atoms with E-state index in [0.29, 0.717) is 24.6 Å². The smallest absolute Gasteiger partial charge is 0.152 e. The minimum Gasteiger partial charge on any atom is -0.297 e. The average molecular weight is 295 g/mol. The summed E-state index contributed by atoms with van der Waals surface area (Å²) < 4.78 is 22.6. The molecule has 1 aromatic rings. The molecule has 0 aromatic heterocycles. The summed E-state index contributed by atoms with van der Waals surface area (Å²) in [6.45, 7) is 8.26. The molecule has 2 rings (SSSR count). The van der Waals surface area contributed by atoms with Crippen molar-refractivity contribution >= 4 is 9.84 Å². The van der Waals surface area contributed by atoms with E-state index < -0.39 is 9.84 Å². The molecule has 0 aliphatic carbocycles. The molecule has 1 aliphatic heterocycles. The van der Waals surface area contributed by atoms with Crippen LogP contribution in [0.4, 0.5) is 0 Å². The summed E-state index contributed by atoms with van der Waals surface area (Å²) in [7, 11) is -2.76. The molecule has 0 unspecified atom stereocenters. The van der Waals surface area contributed by atoms with Crippen molar-refractivity contribution in [3.8, 4) is 12.8 Å². The second-order valence-electron chi connectivity index (χ2n) is 4.42. The Morgan fingerprint density at radius 2 is 1.70 bits per heavy atom. The van der Waals surface area contributed by atoms with Crippen LogP contribution in [0.3, 0.4) is 0 Å². The van der Waals surface area contributed by atoms with Gasteiger partial charge in [-0.15, -0.1) is 12.8 Å². The lowest BCUT2D eigenvalue weighted by Gasteiger charge is -2.26. The van der Waals surface area contributed by atoms with Crippen molar-refractivity contribution < 1.29 is 8.42 Å². The van der Waals surface area contributed by atoms with Gasteiger partial charge in [0.15, 0.2) is 9.84 Å². The van der Waals surface area contributed by atoms with Gasteiger partial charge in [-0.2, -0.15) is 0 Å². The van der Waals surface area contributed by atoms with Gasteiger partial charge in [0.25, 0.3) is 0 Å². The number of sulfone groups is 1. The number of rotatable bonds is 2. The fourth-order valence-electron chi connectivity index (χ4n) is 1.98. The quantitative estimate of drug-likeness (QED) is 0.787.